The fourth-order valence-electron chi connectivity index (χ4n) is 11.1. The fourth-order valence-corrected chi connectivity index (χ4v) is 11.1. The maximum atomic E-state index is 2.42. The van der Waals surface area contributed by atoms with Crippen LogP contribution in [0.4, 0.5) is 34.1 Å². The van der Waals surface area contributed by atoms with E-state index in [2.05, 4.69) is 271 Å². The van der Waals surface area contributed by atoms with E-state index < -0.39 is 5.41 Å². The van der Waals surface area contributed by atoms with Gasteiger partial charge in [-0.25, -0.2) is 0 Å². The summed E-state index contributed by atoms with van der Waals surface area (Å²) in [6.45, 7) is 16.1. The number of aryl methyl sites for hydroxylation is 2. The first-order chi connectivity index (χ1) is 31.9. The Morgan fingerprint density at radius 2 is 0.606 bits per heavy atom. The second-order valence-electron chi connectivity index (χ2n) is 19.7. The average Bonchev–Trinajstić information content (AvgIpc) is 3.72. The summed E-state index contributed by atoms with van der Waals surface area (Å²) in [5.41, 5.74) is 23.2. The number of hydrogen-bond acceptors (Lipinski definition) is 2. The molecular weight excluding hydrogens is 797 g/mol. The first kappa shape index (κ1) is 41.3. The van der Waals surface area contributed by atoms with E-state index in [4.69, 9.17) is 0 Å². The molecule has 2 aliphatic carbocycles. The van der Waals surface area contributed by atoms with Crippen molar-refractivity contribution in [2.75, 3.05) is 9.80 Å². The van der Waals surface area contributed by atoms with Crippen molar-refractivity contribution < 1.29 is 0 Å². The van der Waals surface area contributed by atoms with Crippen LogP contribution in [0.25, 0.3) is 22.3 Å². The van der Waals surface area contributed by atoms with Crippen LogP contribution in [0.1, 0.15) is 84.7 Å². The van der Waals surface area contributed by atoms with Crippen molar-refractivity contribution in [2.45, 2.75) is 64.7 Å². The molecular formula is C64H56N2. The van der Waals surface area contributed by atoms with Crippen molar-refractivity contribution in [3.05, 3.63) is 262 Å². The number of hydrogen-bond donors (Lipinski definition) is 0. The second kappa shape index (κ2) is 15.6. The highest BCUT2D eigenvalue weighted by Gasteiger charge is 2.38. The van der Waals surface area contributed by atoms with Crippen LogP contribution in [-0.2, 0) is 16.2 Å². The van der Waals surface area contributed by atoms with Gasteiger partial charge in [0, 0.05) is 50.4 Å². The Kier molecular flexibility index (Phi) is 9.78. The molecule has 2 aliphatic rings. The predicted molar refractivity (Wildman–Crippen MR) is 279 cm³/mol. The number of rotatable bonds is 9. The Morgan fingerprint density at radius 1 is 0.303 bits per heavy atom. The van der Waals surface area contributed by atoms with E-state index >= 15 is 0 Å². The Labute approximate surface area is 391 Å². The van der Waals surface area contributed by atoms with Crippen LogP contribution in [0.5, 0.6) is 0 Å². The van der Waals surface area contributed by atoms with Crippen molar-refractivity contribution in [2.24, 2.45) is 0 Å². The molecule has 0 unspecified atom stereocenters. The van der Waals surface area contributed by atoms with E-state index in [1.165, 1.54) is 72.3 Å². The van der Waals surface area contributed by atoms with Crippen LogP contribution in [0.2, 0.25) is 0 Å². The van der Waals surface area contributed by atoms with Gasteiger partial charge in [-0.1, -0.05) is 178 Å². The van der Waals surface area contributed by atoms with Crippen molar-refractivity contribution in [1.82, 2.24) is 0 Å². The molecule has 322 valence electrons. The van der Waals surface area contributed by atoms with E-state index in [0.29, 0.717) is 0 Å². The molecule has 0 bridgehead atoms. The summed E-state index contributed by atoms with van der Waals surface area (Å²) < 4.78 is 0. The van der Waals surface area contributed by atoms with Crippen molar-refractivity contribution in [3.63, 3.8) is 0 Å². The smallest absolute Gasteiger partial charge is 0.0465 e. The lowest BCUT2D eigenvalue weighted by Crippen LogP contribution is -2.25. The van der Waals surface area contributed by atoms with Gasteiger partial charge >= 0.3 is 0 Å². The molecule has 0 fully saturated rings. The third-order valence-corrected chi connectivity index (χ3v) is 15.0. The molecule has 0 heterocycles. The lowest BCUT2D eigenvalue weighted by Gasteiger charge is -2.34. The highest BCUT2D eigenvalue weighted by atomic mass is 15.1. The van der Waals surface area contributed by atoms with Gasteiger partial charge in [0.25, 0.3) is 0 Å². The Morgan fingerprint density at radius 3 is 1.00 bits per heavy atom. The summed E-state index contributed by atoms with van der Waals surface area (Å²) in [4.78, 5) is 4.82. The van der Waals surface area contributed by atoms with Gasteiger partial charge in [-0.05, 0) is 155 Å². The Hall–Kier alpha value is -7.42. The molecule has 0 spiro atoms. The number of fused-ring (bicyclic) bond motifs is 6. The minimum atomic E-state index is -0.436. The molecule has 2 heteroatoms. The first-order valence-electron chi connectivity index (χ1n) is 23.4. The first-order valence-corrected chi connectivity index (χ1v) is 23.4. The molecule has 0 radical (unpaired) electrons. The van der Waals surface area contributed by atoms with Crippen LogP contribution >= 0.6 is 0 Å². The molecule has 0 atom stereocenters. The van der Waals surface area contributed by atoms with Gasteiger partial charge in [0.05, 0.1) is 0 Å². The zero-order valence-electron chi connectivity index (χ0n) is 39.1. The maximum absolute atomic E-state index is 2.42. The fraction of sp³-hybridized carbons (Fsp3) is 0.156. The Balaban J connectivity index is 0.987. The van der Waals surface area contributed by atoms with Crippen molar-refractivity contribution in [1.29, 1.82) is 0 Å². The van der Waals surface area contributed by atoms with Crippen LogP contribution in [0, 0.1) is 13.8 Å². The molecule has 0 aromatic heterocycles. The van der Waals surface area contributed by atoms with E-state index in [9.17, 15) is 0 Å². The van der Waals surface area contributed by atoms with Crippen LogP contribution < -0.4 is 9.80 Å². The quantitative estimate of drug-likeness (QED) is 0.134. The van der Waals surface area contributed by atoms with Gasteiger partial charge in [0.2, 0.25) is 0 Å². The summed E-state index contributed by atoms with van der Waals surface area (Å²) in [6.07, 6.45) is 0. The van der Waals surface area contributed by atoms with Gasteiger partial charge in [-0.2, -0.15) is 0 Å². The van der Waals surface area contributed by atoms with Gasteiger partial charge in [-0.3, -0.25) is 0 Å². The van der Waals surface area contributed by atoms with Crippen molar-refractivity contribution >= 4 is 34.1 Å². The third kappa shape index (κ3) is 6.61. The highest BCUT2D eigenvalue weighted by Crippen LogP contribution is 2.53. The van der Waals surface area contributed by atoms with E-state index in [1.54, 1.807) is 0 Å². The largest absolute Gasteiger partial charge is 0.310 e. The molecule has 9 aromatic rings. The number of anilines is 6. The second-order valence-corrected chi connectivity index (χ2v) is 19.7. The molecule has 66 heavy (non-hydrogen) atoms. The summed E-state index contributed by atoms with van der Waals surface area (Å²) in [5, 5.41) is 0. The van der Waals surface area contributed by atoms with Gasteiger partial charge in [0.15, 0.2) is 0 Å². The minimum Gasteiger partial charge on any atom is -0.310 e. The minimum absolute atomic E-state index is 0.0976. The maximum Gasteiger partial charge on any atom is 0.0465 e. The third-order valence-electron chi connectivity index (χ3n) is 15.0. The summed E-state index contributed by atoms with van der Waals surface area (Å²) in [6, 6.07) is 79.3. The SMILES string of the molecule is Cc1ccc(N(c2ccc(C(C)(c3ccccc3)c3ccc(N(c4ccc(C)cc4)c4ccc5c(c4)C(C)(C)c4ccccc4-5)cc3)cc2)c2ccc3c(c2)C(C)(C)c2ccccc2-3)cc1. The zero-order valence-corrected chi connectivity index (χ0v) is 39.1. The average molecular weight is 853 g/mol. The van der Waals surface area contributed by atoms with E-state index in [0.717, 1.165) is 34.1 Å². The summed E-state index contributed by atoms with van der Waals surface area (Å²) >= 11 is 0. The topological polar surface area (TPSA) is 6.48 Å². The van der Waals surface area contributed by atoms with Gasteiger partial charge in [-0.15, -0.1) is 0 Å². The monoisotopic (exact) mass is 852 g/mol. The lowest BCUT2D eigenvalue weighted by atomic mass is 9.71. The molecule has 2 nitrogen and oxygen atoms in total. The molecule has 11 rings (SSSR count). The number of benzene rings is 9. The molecule has 0 amide bonds. The van der Waals surface area contributed by atoms with Gasteiger partial charge in [0.1, 0.15) is 0 Å². The van der Waals surface area contributed by atoms with E-state index in [1.807, 2.05) is 0 Å². The van der Waals surface area contributed by atoms with E-state index in [-0.39, 0.29) is 10.8 Å². The van der Waals surface area contributed by atoms with Crippen LogP contribution in [0.3, 0.4) is 0 Å². The molecule has 0 saturated heterocycles. The predicted octanol–water partition coefficient (Wildman–Crippen LogP) is 17.2. The van der Waals surface area contributed by atoms with Crippen LogP contribution in [-0.4, -0.2) is 0 Å². The highest BCUT2D eigenvalue weighted by molar-refractivity contribution is 5.87. The molecule has 0 saturated carbocycles. The summed E-state index contributed by atoms with van der Waals surface area (Å²) in [5.74, 6) is 0. The normalized spacial score (nSPS) is 13.9. The number of nitrogens with zero attached hydrogens (tertiary/aromatic N) is 2. The molecule has 0 N–H and O–H groups in total. The molecule has 0 aliphatic heterocycles. The lowest BCUT2D eigenvalue weighted by molar-refractivity contribution is 0.660. The summed E-state index contributed by atoms with van der Waals surface area (Å²) in [7, 11) is 0. The zero-order chi connectivity index (χ0) is 45.4. The van der Waals surface area contributed by atoms with Gasteiger partial charge < -0.3 is 9.80 Å². The van der Waals surface area contributed by atoms with Crippen LogP contribution in [0.15, 0.2) is 212 Å². The Bertz CT molecular complexity index is 3050. The molecule has 9 aromatic carbocycles. The van der Waals surface area contributed by atoms with Crippen molar-refractivity contribution in [3.8, 4) is 22.3 Å². The standard InChI is InChI=1S/C64H56N2/c1-43-21-29-48(30-22-43)65(52-37-39-56-54-17-11-13-19-58(54)62(3,4)60(56)41-52)50-33-25-46(26-34-50)64(7,45-15-9-8-10-16-45)47-27-35-51(36-28-47)66(49-31-23-44(2)24-32-49)53-38-40-57-55-18-12-14-20-59(55)63(5,6)61(57)42-53/h8-42H,1-7H3.